The summed E-state index contributed by atoms with van der Waals surface area (Å²) in [4.78, 5) is 21.6. The van der Waals surface area contributed by atoms with Crippen LogP contribution in [0.1, 0.15) is 10.5 Å². The average Bonchev–Trinajstić information content (AvgIpc) is 3.17. The Hall–Kier alpha value is -3.85. The van der Waals surface area contributed by atoms with Gasteiger partial charge in [0.2, 0.25) is 5.88 Å². The minimum atomic E-state index is -0.211. The Balaban J connectivity index is 1.74. The van der Waals surface area contributed by atoms with Crippen molar-refractivity contribution in [2.45, 2.75) is 6.54 Å². The van der Waals surface area contributed by atoms with Crippen LogP contribution in [0.15, 0.2) is 42.7 Å². The first kappa shape index (κ1) is 20.1. The van der Waals surface area contributed by atoms with E-state index in [1.807, 2.05) is 12.1 Å². The van der Waals surface area contributed by atoms with Gasteiger partial charge in [-0.25, -0.2) is 4.98 Å². The molecule has 0 atom stereocenters. The molecule has 4 aromatic rings. The smallest absolute Gasteiger partial charge is 0.271 e. The summed E-state index contributed by atoms with van der Waals surface area (Å²) in [5, 5.41) is 12.2. The number of amides is 1. The monoisotopic (exact) mass is 450 g/mol. The van der Waals surface area contributed by atoms with Crippen LogP contribution in [0.5, 0.6) is 11.6 Å². The number of nitrogens with zero attached hydrogens (tertiary/aromatic N) is 4. The Morgan fingerprint density at radius 2 is 2.06 bits per heavy atom. The number of anilines is 2. The maximum absolute atomic E-state index is 12.8. The van der Waals surface area contributed by atoms with Gasteiger partial charge in [0.25, 0.3) is 5.91 Å². The zero-order valence-electron chi connectivity index (χ0n) is 17.3. The third-order valence-electron chi connectivity index (χ3n) is 5.27. The van der Waals surface area contributed by atoms with Crippen LogP contribution in [0.4, 0.5) is 11.4 Å². The highest BCUT2D eigenvalue weighted by Gasteiger charge is 2.29. The van der Waals surface area contributed by atoms with Gasteiger partial charge in [-0.2, -0.15) is 5.10 Å². The van der Waals surface area contributed by atoms with Crippen LogP contribution >= 0.6 is 11.6 Å². The number of aromatic nitrogens is 4. The van der Waals surface area contributed by atoms with Crippen LogP contribution in [0, 0.1) is 0 Å². The van der Waals surface area contributed by atoms with Crippen LogP contribution < -0.4 is 20.1 Å². The minimum absolute atomic E-state index is 0.211. The first-order valence-corrected chi connectivity index (χ1v) is 10.3. The maximum Gasteiger partial charge on any atom is 0.271 e. The molecular formula is C22H19ClN6O3. The molecule has 0 spiro atoms. The Labute approximate surface area is 188 Å². The summed E-state index contributed by atoms with van der Waals surface area (Å²) in [5.41, 5.74) is 3.68. The topological polar surface area (TPSA) is 103 Å². The van der Waals surface area contributed by atoms with Gasteiger partial charge >= 0.3 is 0 Å². The second-order valence-corrected chi connectivity index (χ2v) is 7.51. The molecule has 0 unspecified atom stereocenters. The van der Waals surface area contributed by atoms with E-state index in [4.69, 9.17) is 26.2 Å². The van der Waals surface area contributed by atoms with Gasteiger partial charge in [-0.15, -0.1) is 0 Å². The van der Waals surface area contributed by atoms with Gasteiger partial charge in [0.15, 0.2) is 5.75 Å². The standard InChI is InChI=1S/C22H19ClN6O3/c1-31-17-10-16-13(11-26-17)12(6-7-24-16)18-19(20-22(30)25-8-9-29(20)28-18)27-15-5-3-4-14(23)21(15)32-2/h3-7,10-11,27H,8-9H2,1-2H3,(H,25,30). The average molecular weight is 451 g/mol. The second kappa shape index (κ2) is 8.01. The van der Waals surface area contributed by atoms with Crippen molar-refractivity contribution in [2.75, 3.05) is 26.1 Å². The number of carbonyl (C=O) groups excluding carboxylic acids is 1. The van der Waals surface area contributed by atoms with Crippen LogP contribution in [0.3, 0.4) is 0 Å². The lowest BCUT2D eigenvalue weighted by atomic mass is 10.1. The number of benzene rings is 1. The number of halogens is 1. The molecule has 1 amide bonds. The molecule has 1 aliphatic heterocycles. The fourth-order valence-corrected chi connectivity index (χ4v) is 4.06. The number of hydrogen-bond acceptors (Lipinski definition) is 7. The predicted molar refractivity (Wildman–Crippen MR) is 121 cm³/mol. The van der Waals surface area contributed by atoms with Crippen molar-refractivity contribution >= 4 is 39.8 Å². The van der Waals surface area contributed by atoms with Gasteiger partial charge < -0.3 is 20.1 Å². The van der Waals surface area contributed by atoms with E-state index in [2.05, 4.69) is 20.6 Å². The molecule has 162 valence electrons. The number of para-hydroxylation sites is 1. The van der Waals surface area contributed by atoms with Gasteiger partial charge in [0.05, 0.1) is 42.7 Å². The van der Waals surface area contributed by atoms with E-state index >= 15 is 0 Å². The molecule has 2 N–H and O–H groups in total. The van der Waals surface area contributed by atoms with Crippen LogP contribution in [0.2, 0.25) is 5.02 Å². The zero-order valence-corrected chi connectivity index (χ0v) is 18.1. The van der Waals surface area contributed by atoms with Crippen molar-refractivity contribution in [3.8, 4) is 22.9 Å². The molecule has 32 heavy (non-hydrogen) atoms. The van der Waals surface area contributed by atoms with Crippen molar-refractivity contribution < 1.29 is 14.3 Å². The summed E-state index contributed by atoms with van der Waals surface area (Å²) in [7, 11) is 3.10. The molecule has 0 fully saturated rings. The molecular weight excluding hydrogens is 432 g/mol. The number of carbonyl (C=O) groups is 1. The first-order valence-electron chi connectivity index (χ1n) is 9.88. The number of methoxy groups -OCH3 is 2. The quantitative estimate of drug-likeness (QED) is 0.478. The fourth-order valence-electron chi connectivity index (χ4n) is 3.81. The van der Waals surface area contributed by atoms with Gasteiger partial charge in [-0.05, 0) is 18.2 Å². The lowest BCUT2D eigenvalue weighted by Gasteiger charge is -2.17. The van der Waals surface area contributed by atoms with Gasteiger partial charge in [-0.3, -0.25) is 14.5 Å². The predicted octanol–water partition coefficient (Wildman–Crippen LogP) is 3.65. The fraction of sp³-hybridized carbons (Fsp3) is 0.182. The third-order valence-corrected chi connectivity index (χ3v) is 5.57. The number of fused-ring (bicyclic) bond motifs is 2. The number of nitrogens with one attached hydrogen (secondary N) is 2. The number of hydrogen-bond donors (Lipinski definition) is 2. The van der Waals surface area contributed by atoms with E-state index in [1.54, 1.807) is 49.5 Å². The van der Waals surface area contributed by atoms with E-state index in [-0.39, 0.29) is 5.91 Å². The van der Waals surface area contributed by atoms with E-state index < -0.39 is 0 Å². The highest BCUT2D eigenvalue weighted by molar-refractivity contribution is 6.32. The first-order chi connectivity index (χ1) is 15.6. The lowest BCUT2D eigenvalue weighted by molar-refractivity contribution is 0.0925. The van der Waals surface area contributed by atoms with Crippen molar-refractivity contribution in [3.63, 3.8) is 0 Å². The van der Waals surface area contributed by atoms with Crippen molar-refractivity contribution in [1.29, 1.82) is 0 Å². The molecule has 10 heteroatoms. The molecule has 0 bridgehead atoms. The molecule has 4 heterocycles. The highest BCUT2D eigenvalue weighted by Crippen LogP contribution is 2.40. The number of rotatable bonds is 5. The van der Waals surface area contributed by atoms with Crippen molar-refractivity contribution in [3.05, 3.63) is 53.4 Å². The zero-order chi connectivity index (χ0) is 22.2. The maximum atomic E-state index is 12.8. The van der Waals surface area contributed by atoms with E-state index in [0.717, 1.165) is 10.9 Å². The Bertz CT molecular complexity index is 1350. The molecule has 0 aliphatic carbocycles. The highest BCUT2D eigenvalue weighted by atomic mass is 35.5. The number of ether oxygens (including phenoxy) is 2. The summed E-state index contributed by atoms with van der Waals surface area (Å²) in [6.45, 7) is 1.06. The molecule has 1 aromatic carbocycles. The second-order valence-electron chi connectivity index (χ2n) is 7.10. The summed E-state index contributed by atoms with van der Waals surface area (Å²) in [6, 6.07) is 8.98. The molecule has 5 rings (SSSR count). The van der Waals surface area contributed by atoms with Crippen molar-refractivity contribution in [1.82, 2.24) is 25.1 Å². The SMILES string of the molecule is COc1cc2nccc(-c3nn4c(c3Nc3cccc(Cl)c3OC)C(=O)NCC4)c2cn1. The van der Waals surface area contributed by atoms with Crippen LogP contribution in [-0.4, -0.2) is 46.4 Å². The Morgan fingerprint density at radius 1 is 1.19 bits per heavy atom. The molecule has 0 saturated heterocycles. The molecule has 0 radical (unpaired) electrons. The van der Waals surface area contributed by atoms with Gasteiger partial charge in [0, 0.05) is 36.0 Å². The summed E-state index contributed by atoms with van der Waals surface area (Å²) in [6.07, 6.45) is 3.39. The van der Waals surface area contributed by atoms with Crippen molar-refractivity contribution in [2.24, 2.45) is 0 Å². The molecule has 3 aromatic heterocycles. The number of pyridine rings is 2. The lowest BCUT2D eigenvalue weighted by Crippen LogP contribution is -2.35. The molecule has 0 saturated carbocycles. The summed E-state index contributed by atoms with van der Waals surface area (Å²) in [5.74, 6) is 0.728. The van der Waals surface area contributed by atoms with Crippen LogP contribution in [0.25, 0.3) is 22.2 Å². The largest absolute Gasteiger partial charge is 0.493 e. The van der Waals surface area contributed by atoms with Gasteiger partial charge in [-0.1, -0.05) is 17.7 Å². The Morgan fingerprint density at radius 3 is 2.88 bits per heavy atom. The molecule has 1 aliphatic rings. The van der Waals surface area contributed by atoms with E-state index in [0.29, 0.717) is 58.0 Å². The van der Waals surface area contributed by atoms with E-state index in [9.17, 15) is 4.79 Å². The Kier molecular flexibility index (Phi) is 5.02. The van der Waals surface area contributed by atoms with Crippen LogP contribution in [-0.2, 0) is 6.54 Å². The normalized spacial score (nSPS) is 12.9. The van der Waals surface area contributed by atoms with Gasteiger partial charge in [0.1, 0.15) is 11.4 Å². The summed E-state index contributed by atoms with van der Waals surface area (Å²) < 4.78 is 12.4. The molecule has 9 nitrogen and oxygen atoms in total. The summed E-state index contributed by atoms with van der Waals surface area (Å²) >= 11 is 6.31. The third kappa shape index (κ3) is 3.27. The minimum Gasteiger partial charge on any atom is -0.493 e. The van der Waals surface area contributed by atoms with E-state index in [1.165, 1.54) is 0 Å².